The summed E-state index contributed by atoms with van der Waals surface area (Å²) in [7, 11) is 1.54. The van der Waals surface area contributed by atoms with Crippen molar-refractivity contribution < 1.29 is 14.6 Å². The lowest BCUT2D eigenvalue weighted by Gasteiger charge is -2.15. The first kappa shape index (κ1) is 16.6. The molecule has 0 unspecified atom stereocenters. The lowest BCUT2D eigenvalue weighted by molar-refractivity contribution is 0.169. The van der Waals surface area contributed by atoms with Crippen LogP contribution in [0.4, 0.5) is 4.79 Å². The largest absolute Gasteiger partial charge is 0.496 e. The number of carbonyl (C=O) groups is 1. The number of amides is 2. The number of carbonyl (C=O) groups excluding carboxylic acids is 1. The summed E-state index contributed by atoms with van der Waals surface area (Å²) in [5, 5.41) is 15.5. The summed E-state index contributed by atoms with van der Waals surface area (Å²) >= 11 is 7.23. The first-order valence-corrected chi connectivity index (χ1v) is 7.86. The quantitative estimate of drug-likeness (QED) is 0.757. The standard InChI is InChI=1S/C15H17ClN2O3S/c1-21-13-5-3-2-4-11(13)12(19)9-18-15(20)17-8-10-6-7-14(16)22-10/h2-7,12,19H,8-9H2,1H3,(H2,17,18,20)/t12-/m1/s1. The molecule has 0 aliphatic carbocycles. The van der Waals surface area contributed by atoms with Gasteiger partial charge in [-0.25, -0.2) is 4.79 Å². The summed E-state index contributed by atoms with van der Waals surface area (Å²) in [6, 6.07) is 10.4. The van der Waals surface area contributed by atoms with Gasteiger partial charge in [-0.3, -0.25) is 0 Å². The number of aliphatic hydroxyl groups is 1. The third-order valence-electron chi connectivity index (χ3n) is 3.01. The Kier molecular flexibility index (Phi) is 6.06. The molecule has 1 aromatic carbocycles. The van der Waals surface area contributed by atoms with E-state index in [1.54, 1.807) is 18.2 Å². The van der Waals surface area contributed by atoms with Crippen LogP contribution in [0.2, 0.25) is 4.34 Å². The maximum atomic E-state index is 11.7. The van der Waals surface area contributed by atoms with Crippen LogP contribution in [0.15, 0.2) is 36.4 Å². The van der Waals surface area contributed by atoms with Crippen molar-refractivity contribution in [3.63, 3.8) is 0 Å². The maximum Gasteiger partial charge on any atom is 0.315 e. The van der Waals surface area contributed by atoms with Crippen molar-refractivity contribution >= 4 is 29.0 Å². The second-order valence-corrected chi connectivity index (χ2v) is 6.33. The monoisotopic (exact) mass is 340 g/mol. The van der Waals surface area contributed by atoms with Crippen LogP contribution in [0.3, 0.4) is 0 Å². The predicted molar refractivity (Wildman–Crippen MR) is 87.5 cm³/mol. The number of aliphatic hydroxyl groups excluding tert-OH is 1. The van der Waals surface area contributed by atoms with Crippen molar-refractivity contribution in [2.75, 3.05) is 13.7 Å². The van der Waals surface area contributed by atoms with Gasteiger partial charge in [0.1, 0.15) is 5.75 Å². The van der Waals surface area contributed by atoms with Crippen molar-refractivity contribution in [3.05, 3.63) is 51.2 Å². The molecule has 1 aromatic heterocycles. The SMILES string of the molecule is COc1ccccc1[C@H](O)CNC(=O)NCc1ccc(Cl)s1. The van der Waals surface area contributed by atoms with Gasteiger partial charge in [0.2, 0.25) is 0 Å². The number of nitrogens with one attached hydrogen (secondary N) is 2. The van der Waals surface area contributed by atoms with Crippen LogP contribution in [0.1, 0.15) is 16.5 Å². The molecule has 5 nitrogen and oxygen atoms in total. The summed E-state index contributed by atoms with van der Waals surface area (Å²) in [4.78, 5) is 12.7. The average Bonchev–Trinajstić information content (AvgIpc) is 2.96. The molecule has 0 saturated heterocycles. The zero-order chi connectivity index (χ0) is 15.9. The Bertz CT molecular complexity index is 633. The number of methoxy groups -OCH3 is 1. The van der Waals surface area contributed by atoms with E-state index in [4.69, 9.17) is 16.3 Å². The second kappa shape index (κ2) is 8.03. The number of hydrogen-bond acceptors (Lipinski definition) is 4. The number of para-hydroxylation sites is 1. The molecule has 0 radical (unpaired) electrons. The smallest absolute Gasteiger partial charge is 0.315 e. The molecule has 2 rings (SSSR count). The summed E-state index contributed by atoms with van der Waals surface area (Å²) in [6.07, 6.45) is -0.835. The number of hydrogen-bond donors (Lipinski definition) is 3. The van der Waals surface area contributed by atoms with Gasteiger partial charge in [0.25, 0.3) is 0 Å². The normalized spacial score (nSPS) is 11.8. The molecule has 0 aliphatic heterocycles. The molecule has 0 saturated carbocycles. The zero-order valence-electron chi connectivity index (χ0n) is 12.0. The first-order chi connectivity index (χ1) is 10.6. The molecule has 22 heavy (non-hydrogen) atoms. The van der Waals surface area contributed by atoms with Crippen molar-refractivity contribution in [1.29, 1.82) is 0 Å². The van der Waals surface area contributed by atoms with E-state index < -0.39 is 6.10 Å². The van der Waals surface area contributed by atoms with Gasteiger partial charge >= 0.3 is 6.03 Å². The Morgan fingerprint density at radius 2 is 2.09 bits per heavy atom. The molecule has 1 atom stereocenters. The molecular weight excluding hydrogens is 324 g/mol. The zero-order valence-corrected chi connectivity index (χ0v) is 13.6. The van der Waals surface area contributed by atoms with E-state index in [-0.39, 0.29) is 12.6 Å². The number of halogens is 1. The average molecular weight is 341 g/mol. The van der Waals surface area contributed by atoms with Crippen molar-refractivity contribution in [2.45, 2.75) is 12.6 Å². The molecular formula is C15H17ClN2O3S. The van der Waals surface area contributed by atoms with E-state index in [0.29, 0.717) is 22.2 Å². The Morgan fingerprint density at radius 3 is 2.77 bits per heavy atom. The first-order valence-electron chi connectivity index (χ1n) is 6.67. The molecule has 3 N–H and O–H groups in total. The van der Waals surface area contributed by atoms with Crippen LogP contribution < -0.4 is 15.4 Å². The summed E-state index contributed by atoms with van der Waals surface area (Å²) < 4.78 is 5.87. The van der Waals surface area contributed by atoms with Crippen LogP contribution in [0.5, 0.6) is 5.75 Å². The van der Waals surface area contributed by atoms with Crippen molar-refractivity contribution in [2.24, 2.45) is 0 Å². The Balaban J connectivity index is 1.80. The minimum Gasteiger partial charge on any atom is -0.496 e. The third-order valence-corrected chi connectivity index (χ3v) is 4.24. The Morgan fingerprint density at radius 1 is 1.32 bits per heavy atom. The lowest BCUT2D eigenvalue weighted by Crippen LogP contribution is -2.37. The summed E-state index contributed by atoms with van der Waals surface area (Å²) in [5.74, 6) is 0.588. The van der Waals surface area contributed by atoms with Gasteiger partial charge in [-0.05, 0) is 18.2 Å². The summed E-state index contributed by atoms with van der Waals surface area (Å²) in [5.41, 5.74) is 0.635. The highest BCUT2D eigenvalue weighted by molar-refractivity contribution is 7.16. The van der Waals surface area contributed by atoms with Crippen molar-refractivity contribution in [3.8, 4) is 5.75 Å². The number of benzene rings is 1. The van der Waals surface area contributed by atoms with Crippen LogP contribution in [0, 0.1) is 0 Å². The van der Waals surface area contributed by atoms with Gasteiger partial charge in [-0.2, -0.15) is 0 Å². The highest BCUT2D eigenvalue weighted by atomic mass is 35.5. The number of urea groups is 1. The predicted octanol–water partition coefficient (Wildman–Crippen LogP) is 2.94. The van der Waals surface area contributed by atoms with Crippen molar-refractivity contribution in [1.82, 2.24) is 10.6 Å². The van der Waals surface area contributed by atoms with Gasteiger partial charge in [-0.15, -0.1) is 11.3 Å². The minimum absolute atomic E-state index is 0.0946. The molecule has 7 heteroatoms. The van der Waals surface area contributed by atoms with Gasteiger partial charge in [-0.1, -0.05) is 29.8 Å². The van der Waals surface area contributed by atoms with Gasteiger partial charge in [0.15, 0.2) is 0 Å². The lowest BCUT2D eigenvalue weighted by atomic mass is 10.1. The Hall–Kier alpha value is -1.76. The number of thiophene rings is 1. The topological polar surface area (TPSA) is 70.6 Å². The fraction of sp³-hybridized carbons (Fsp3) is 0.267. The maximum absolute atomic E-state index is 11.7. The van der Waals surface area contributed by atoms with E-state index in [1.165, 1.54) is 18.4 Å². The fourth-order valence-corrected chi connectivity index (χ4v) is 2.94. The van der Waals surface area contributed by atoms with Crippen LogP contribution in [-0.4, -0.2) is 24.8 Å². The van der Waals surface area contributed by atoms with E-state index in [0.717, 1.165) is 4.88 Å². The molecule has 0 spiro atoms. The second-order valence-electron chi connectivity index (χ2n) is 4.53. The van der Waals surface area contributed by atoms with Crippen LogP contribution in [0.25, 0.3) is 0 Å². The molecule has 2 amide bonds. The molecule has 0 aliphatic rings. The van der Waals surface area contributed by atoms with E-state index in [1.807, 2.05) is 18.2 Å². The number of rotatable bonds is 6. The summed E-state index contributed by atoms with van der Waals surface area (Å²) in [6.45, 7) is 0.491. The van der Waals surface area contributed by atoms with Crippen LogP contribution >= 0.6 is 22.9 Å². The Labute approximate surface area is 137 Å². The van der Waals surface area contributed by atoms with E-state index >= 15 is 0 Å². The molecule has 2 aromatic rings. The fourth-order valence-electron chi connectivity index (χ4n) is 1.92. The molecule has 0 bridgehead atoms. The molecule has 118 valence electrons. The molecule has 1 heterocycles. The third kappa shape index (κ3) is 4.62. The van der Waals surface area contributed by atoms with Gasteiger partial charge in [0, 0.05) is 17.0 Å². The minimum atomic E-state index is -0.835. The van der Waals surface area contributed by atoms with Crippen LogP contribution in [-0.2, 0) is 6.54 Å². The highest BCUT2D eigenvalue weighted by Crippen LogP contribution is 2.24. The molecule has 0 fully saturated rings. The van der Waals surface area contributed by atoms with E-state index in [2.05, 4.69) is 10.6 Å². The van der Waals surface area contributed by atoms with Gasteiger partial charge in [0.05, 0.1) is 24.1 Å². The highest BCUT2D eigenvalue weighted by Gasteiger charge is 2.13. The van der Waals surface area contributed by atoms with Gasteiger partial charge < -0.3 is 20.5 Å². The number of ether oxygens (including phenoxy) is 1. The van der Waals surface area contributed by atoms with E-state index in [9.17, 15) is 9.90 Å².